The number of likely N-dealkylation sites (N-methyl/N-ethyl adjacent to an activating group) is 1. The Labute approximate surface area is 156 Å². The monoisotopic (exact) mass is 380 g/mol. The molecule has 1 saturated carbocycles. The summed E-state index contributed by atoms with van der Waals surface area (Å²) in [6.45, 7) is 2.69. The van der Waals surface area contributed by atoms with E-state index in [1.165, 1.54) is 19.2 Å². The normalized spacial score (nSPS) is 18.5. The first kappa shape index (κ1) is 20.4. The number of nitrogens with one attached hydrogen (secondary N) is 2. The van der Waals surface area contributed by atoms with E-state index in [4.69, 9.17) is 9.84 Å². The van der Waals surface area contributed by atoms with Crippen molar-refractivity contribution in [1.29, 1.82) is 0 Å². The summed E-state index contributed by atoms with van der Waals surface area (Å²) in [7, 11) is 1.36. The average Bonchev–Trinajstić information content (AvgIpc) is 2.60. The lowest BCUT2D eigenvalue weighted by molar-refractivity contribution is -0.385. The molecule has 10 heteroatoms. The van der Waals surface area contributed by atoms with Crippen molar-refractivity contribution in [3.05, 3.63) is 33.9 Å². The molecule has 1 aromatic carbocycles. The molecule has 2 amide bonds. The molecule has 0 spiro atoms. The van der Waals surface area contributed by atoms with Crippen molar-refractivity contribution >= 4 is 17.7 Å². The second kappa shape index (κ2) is 9.17. The maximum atomic E-state index is 12.0. The van der Waals surface area contributed by atoms with E-state index in [-0.39, 0.29) is 42.6 Å². The summed E-state index contributed by atoms with van der Waals surface area (Å²) in [5.41, 5.74) is 0.430. The van der Waals surface area contributed by atoms with E-state index in [9.17, 15) is 19.7 Å². The summed E-state index contributed by atoms with van der Waals surface area (Å²) in [4.78, 5) is 35.2. The molecule has 0 bridgehead atoms. The van der Waals surface area contributed by atoms with Gasteiger partial charge in [0.1, 0.15) is 0 Å². The summed E-state index contributed by atoms with van der Waals surface area (Å²) in [6.07, 6.45) is 1.39. The van der Waals surface area contributed by atoms with E-state index in [1.54, 1.807) is 6.07 Å². The maximum Gasteiger partial charge on any atom is 0.317 e. The predicted molar refractivity (Wildman–Crippen MR) is 96.7 cm³/mol. The van der Waals surface area contributed by atoms with Crippen LogP contribution in [0.5, 0.6) is 5.75 Å². The second-order valence-electron chi connectivity index (χ2n) is 6.37. The van der Waals surface area contributed by atoms with Gasteiger partial charge < -0.3 is 20.5 Å². The number of aliphatic carboxylic acids is 1. The van der Waals surface area contributed by atoms with Crippen molar-refractivity contribution in [2.75, 3.05) is 20.2 Å². The van der Waals surface area contributed by atoms with Gasteiger partial charge in [0.2, 0.25) is 0 Å². The quantitative estimate of drug-likeness (QED) is 0.435. The summed E-state index contributed by atoms with van der Waals surface area (Å²) in [5.74, 6) is -0.699. The number of carbonyl (C=O) groups excluding carboxylic acids is 1. The Bertz CT molecular complexity index is 705. The number of carboxylic acids is 1. The molecule has 0 atom stereocenters. The third-order valence-electron chi connectivity index (χ3n) is 4.60. The van der Waals surface area contributed by atoms with Crippen LogP contribution in [0.1, 0.15) is 25.3 Å². The first-order chi connectivity index (χ1) is 12.8. The SMILES string of the molecule is CCN(CC(=O)O)C1CC(NC(=O)NCc2ccc(OC)c([N+](=O)[O-])c2)C1. The molecule has 0 aliphatic heterocycles. The lowest BCUT2D eigenvalue weighted by Crippen LogP contribution is -2.56. The van der Waals surface area contributed by atoms with Gasteiger partial charge in [-0.25, -0.2) is 4.79 Å². The Hall–Kier alpha value is -2.88. The highest BCUT2D eigenvalue weighted by Crippen LogP contribution is 2.27. The zero-order chi connectivity index (χ0) is 20.0. The Morgan fingerprint density at radius 3 is 2.67 bits per heavy atom. The number of nitrogens with zero attached hydrogens (tertiary/aromatic N) is 2. The van der Waals surface area contributed by atoms with Crippen LogP contribution in [-0.4, -0.2) is 59.2 Å². The van der Waals surface area contributed by atoms with E-state index in [1.807, 2.05) is 11.8 Å². The van der Waals surface area contributed by atoms with E-state index in [0.717, 1.165) is 0 Å². The predicted octanol–water partition coefficient (Wildman–Crippen LogP) is 1.34. The Kier molecular flexibility index (Phi) is 6.94. The highest BCUT2D eigenvalue weighted by atomic mass is 16.6. The topological polar surface area (TPSA) is 134 Å². The van der Waals surface area contributed by atoms with E-state index < -0.39 is 10.9 Å². The Morgan fingerprint density at radius 2 is 2.11 bits per heavy atom. The molecule has 148 valence electrons. The van der Waals surface area contributed by atoms with Crippen LogP contribution in [0.3, 0.4) is 0 Å². The van der Waals surface area contributed by atoms with Crippen LogP contribution in [0.2, 0.25) is 0 Å². The number of hydrogen-bond donors (Lipinski definition) is 3. The van der Waals surface area contributed by atoms with Crippen molar-refractivity contribution in [1.82, 2.24) is 15.5 Å². The standard InChI is InChI=1S/C17H24N4O6/c1-3-20(10-16(22)23)13-7-12(8-13)19-17(24)18-9-11-4-5-15(27-2)14(6-11)21(25)26/h4-6,12-13H,3,7-10H2,1-2H3,(H,22,23)(H2,18,19,24). The maximum absolute atomic E-state index is 12.0. The number of nitro groups is 1. The van der Waals surface area contributed by atoms with Crippen LogP contribution < -0.4 is 15.4 Å². The number of ether oxygens (including phenoxy) is 1. The lowest BCUT2D eigenvalue weighted by atomic mass is 9.85. The summed E-state index contributed by atoms with van der Waals surface area (Å²) >= 11 is 0. The van der Waals surface area contributed by atoms with Crippen LogP contribution in [0.25, 0.3) is 0 Å². The molecule has 0 heterocycles. The molecule has 27 heavy (non-hydrogen) atoms. The molecule has 3 N–H and O–H groups in total. The third-order valence-corrected chi connectivity index (χ3v) is 4.60. The van der Waals surface area contributed by atoms with Gasteiger partial charge in [-0.15, -0.1) is 0 Å². The minimum Gasteiger partial charge on any atom is -0.490 e. The number of hydrogen-bond acceptors (Lipinski definition) is 6. The van der Waals surface area contributed by atoms with Gasteiger partial charge in [-0.3, -0.25) is 19.8 Å². The summed E-state index contributed by atoms with van der Waals surface area (Å²) < 4.78 is 4.94. The largest absolute Gasteiger partial charge is 0.490 e. The zero-order valence-corrected chi connectivity index (χ0v) is 15.3. The number of nitro benzene ring substituents is 1. The molecule has 0 aromatic heterocycles. The highest BCUT2D eigenvalue weighted by Gasteiger charge is 2.34. The molecule has 1 aromatic rings. The van der Waals surface area contributed by atoms with Crippen LogP contribution in [0.15, 0.2) is 18.2 Å². The third kappa shape index (κ3) is 5.55. The Balaban J connectivity index is 1.78. The molecule has 0 radical (unpaired) electrons. The van der Waals surface area contributed by atoms with Gasteiger partial charge in [-0.1, -0.05) is 13.0 Å². The van der Waals surface area contributed by atoms with Crippen LogP contribution in [-0.2, 0) is 11.3 Å². The number of benzene rings is 1. The first-order valence-corrected chi connectivity index (χ1v) is 8.65. The fraction of sp³-hybridized carbons (Fsp3) is 0.529. The number of carboxylic acid groups (broad SMARTS) is 1. The van der Waals surface area contributed by atoms with Crippen molar-refractivity contribution in [2.24, 2.45) is 0 Å². The van der Waals surface area contributed by atoms with Crippen LogP contribution in [0, 0.1) is 10.1 Å². The van der Waals surface area contributed by atoms with Gasteiger partial charge in [-0.05, 0) is 31.0 Å². The minimum absolute atomic E-state index is 0.00364. The fourth-order valence-corrected chi connectivity index (χ4v) is 3.08. The van der Waals surface area contributed by atoms with Crippen molar-refractivity contribution in [3.8, 4) is 5.75 Å². The lowest BCUT2D eigenvalue weighted by Gasteiger charge is -2.42. The molecule has 0 unspecified atom stereocenters. The molecular weight excluding hydrogens is 356 g/mol. The average molecular weight is 380 g/mol. The van der Waals surface area contributed by atoms with Crippen LogP contribution >= 0.6 is 0 Å². The number of amides is 2. The molecule has 10 nitrogen and oxygen atoms in total. The first-order valence-electron chi connectivity index (χ1n) is 8.65. The van der Waals surface area contributed by atoms with Crippen molar-refractivity contribution in [3.63, 3.8) is 0 Å². The summed E-state index contributed by atoms with van der Waals surface area (Å²) in [6, 6.07) is 4.28. The number of methoxy groups -OCH3 is 1. The molecule has 1 fully saturated rings. The van der Waals surface area contributed by atoms with Gasteiger partial charge in [-0.2, -0.15) is 0 Å². The Morgan fingerprint density at radius 1 is 1.41 bits per heavy atom. The number of rotatable bonds is 9. The second-order valence-corrected chi connectivity index (χ2v) is 6.37. The van der Waals surface area contributed by atoms with Crippen molar-refractivity contribution < 1.29 is 24.4 Å². The molecule has 1 aliphatic rings. The minimum atomic E-state index is -0.861. The van der Waals surface area contributed by atoms with Crippen LogP contribution in [0.4, 0.5) is 10.5 Å². The van der Waals surface area contributed by atoms with E-state index in [0.29, 0.717) is 24.9 Å². The fourth-order valence-electron chi connectivity index (χ4n) is 3.08. The molecule has 2 rings (SSSR count). The number of urea groups is 1. The smallest absolute Gasteiger partial charge is 0.317 e. The zero-order valence-electron chi connectivity index (χ0n) is 15.3. The summed E-state index contributed by atoms with van der Waals surface area (Å²) in [5, 5.41) is 25.4. The van der Waals surface area contributed by atoms with Crippen molar-refractivity contribution in [2.45, 2.75) is 38.4 Å². The van der Waals surface area contributed by atoms with Gasteiger partial charge in [0.15, 0.2) is 5.75 Å². The van der Waals surface area contributed by atoms with Gasteiger partial charge in [0, 0.05) is 24.7 Å². The number of carbonyl (C=O) groups is 2. The van der Waals surface area contributed by atoms with E-state index in [2.05, 4.69) is 10.6 Å². The highest BCUT2D eigenvalue weighted by molar-refractivity contribution is 5.74. The van der Waals surface area contributed by atoms with Gasteiger partial charge in [0.05, 0.1) is 18.6 Å². The van der Waals surface area contributed by atoms with E-state index >= 15 is 0 Å². The molecule has 0 saturated heterocycles. The van der Waals surface area contributed by atoms with Gasteiger partial charge in [0.25, 0.3) is 0 Å². The van der Waals surface area contributed by atoms with Gasteiger partial charge >= 0.3 is 17.7 Å². The molecular formula is C17H24N4O6. The molecule has 1 aliphatic carbocycles.